The molecule has 0 spiro atoms. The van der Waals surface area contributed by atoms with Crippen molar-refractivity contribution < 1.29 is 14.1 Å². The second-order valence-electron chi connectivity index (χ2n) is 6.88. The van der Waals surface area contributed by atoms with Gasteiger partial charge in [-0.1, -0.05) is 43.3 Å². The van der Waals surface area contributed by atoms with Crippen molar-refractivity contribution in [2.75, 3.05) is 32.7 Å². The Bertz CT molecular complexity index is 910. The normalized spacial score (nSPS) is 15.5. The lowest BCUT2D eigenvalue weighted by molar-refractivity contribution is -0.904. The van der Waals surface area contributed by atoms with Gasteiger partial charge in [-0.2, -0.15) is 0 Å². The standard InChI is InChI=1S/C21H23N3O2/c1-2-9-23-10-12-24(13-11-23)21(25)19-20(26-15-22-19)18-8-7-16-5-3-4-6-17(16)14-18/h3-8,14-15H,2,9-13H2,1H3/p+1. The highest BCUT2D eigenvalue weighted by Crippen LogP contribution is 2.27. The van der Waals surface area contributed by atoms with Crippen molar-refractivity contribution in [2.45, 2.75) is 13.3 Å². The molecular formula is C21H24N3O2+. The summed E-state index contributed by atoms with van der Waals surface area (Å²) in [6.45, 7) is 6.94. The monoisotopic (exact) mass is 350 g/mol. The molecule has 1 saturated heterocycles. The summed E-state index contributed by atoms with van der Waals surface area (Å²) in [5.74, 6) is 0.529. The van der Waals surface area contributed by atoms with Gasteiger partial charge in [-0.15, -0.1) is 0 Å². The predicted octanol–water partition coefficient (Wildman–Crippen LogP) is 2.25. The smallest absolute Gasteiger partial charge is 0.276 e. The van der Waals surface area contributed by atoms with E-state index in [0.717, 1.165) is 37.1 Å². The third-order valence-corrected chi connectivity index (χ3v) is 5.14. The van der Waals surface area contributed by atoms with Crippen LogP contribution in [-0.4, -0.2) is 48.5 Å². The fraction of sp³-hybridized carbons (Fsp3) is 0.333. The molecule has 0 radical (unpaired) electrons. The summed E-state index contributed by atoms with van der Waals surface area (Å²) in [5, 5.41) is 2.29. The van der Waals surface area contributed by atoms with Crippen molar-refractivity contribution >= 4 is 16.7 Å². The van der Waals surface area contributed by atoms with Crippen LogP contribution in [-0.2, 0) is 0 Å². The van der Waals surface area contributed by atoms with Gasteiger partial charge in [0.1, 0.15) is 0 Å². The van der Waals surface area contributed by atoms with Gasteiger partial charge >= 0.3 is 0 Å². The lowest BCUT2D eigenvalue weighted by Crippen LogP contribution is -3.14. The van der Waals surface area contributed by atoms with Crippen molar-refractivity contribution in [1.29, 1.82) is 0 Å². The molecule has 1 fully saturated rings. The molecule has 134 valence electrons. The first-order chi connectivity index (χ1) is 12.8. The number of quaternary nitrogens is 1. The molecule has 1 aliphatic rings. The highest BCUT2D eigenvalue weighted by molar-refractivity contribution is 5.98. The Morgan fingerprint density at radius 3 is 2.69 bits per heavy atom. The maximum absolute atomic E-state index is 13.0. The molecule has 26 heavy (non-hydrogen) atoms. The third kappa shape index (κ3) is 3.22. The molecule has 2 heterocycles. The van der Waals surface area contributed by atoms with Crippen LogP contribution in [0.15, 0.2) is 53.3 Å². The zero-order valence-corrected chi connectivity index (χ0v) is 15.1. The number of amides is 1. The van der Waals surface area contributed by atoms with E-state index >= 15 is 0 Å². The lowest BCUT2D eigenvalue weighted by atomic mass is 10.0. The number of aromatic nitrogens is 1. The Kier molecular flexibility index (Phi) is 4.71. The number of hydrogen-bond donors (Lipinski definition) is 1. The van der Waals surface area contributed by atoms with Gasteiger partial charge in [-0.3, -0.25) is 4.79 Å². The summed E-state index contributed by atoms with van der Waals surface area (Å²) in [6.07, 6.45) is 2.55. The first-order valence-electron chi connectivity index (χ1n) is 9.31. The second kappa shape index (κ2) is 7.30. The number of fused-ring (bicyclic) bond motifs is 1. The molecule has 5 heteroatoms. The van der Waals surface area contributed by atoms with Gasteiger partial charge < -0.3 is 14.2 Å². The molecule has 1 N–H and O–H groups in total. The summed E-state index contributed by atoms with van der Waals surface area (Å²) in [7, 11) is 0. The highest BCUT2D eigenvalue weighted by atomic mass is 16.3. The predicted molar refractivity (Wildman–Crippen MR) is 101 cm³/mol. The minimum absolute atomic E-state index is 0.0301. The Hall–Kier alpha value is -2.66. The summed E-state index contributed by atoms with van der Waals surface area (Å²) in [5.41, 5.74) is 1.30. The van der Waals surface area contributed by atoms with Gasteiger partial charge in [-0.05, 0) is 23.3 Å². The molecule has 1 aromatic heterocycles. The van der Waals surface area contributed by atoms with E-state index < -0.39 is 0 Å². The Labute approximate surface area is 153 Å². The lowest BCUT2D eigenvalue weighted by Gasteiger charge is -2.31. The van der Waals surface area contributed by atoms with Gasteiger partial charge in [0, 0.05) is 5.56 Å². The number of carbonyl (C=O) groups is 1. The van der Waals surface area contributed by atoms with Crippen molar-refractivity contribution in [1.82, 2.24) is 9.88 Å². The Morgan fingerprint density at radius 1 is 1.15 bits per heavy atom. The fourth-order valence-corrected chi connectivity index (χ4v) is 3.71. The molecule has 0 atom stereocenters. The highest BCUT2D eigenvalue weighted by Gasteiger charge is 2.28. The number of benzene rings is 2. The first kappa shape index (κ1) is 16.8. The topological polar surface area (TPSA) is 50.8 Å². The third-order valence-electron chi connectivity index (χ3n) is 5.14. The summed E-state index contributed by atoms with van der Waals surface area (Å²) >= 11 is 0. The van der Waals surface area contributed by atoms with Crippen molar-refractivity contribution in [3.8, 4) is 11.3 Å². The molecule has 0 bridgehead atoms. The van der Waals surface area contributed by atoms with Gasteiger partial charge in [0.25, 0.3) is 5.91 Å². The van der Waals surface area contributed by atoms with Crippen LogP contribution in [0.1, 0.15) is 23.8 Å². The summed E-state index contributed by atoms with van der Waals surface area (Å²) in [4.78, 5) is 20.7. The van der Waals surface area contributed by atoms with Crippen LogP contribution < -0.4 is 4.90 Å². The van der Waals surface area contributed by atoms with Crippen molar-refractivity contribution in [2.24, 2.45) is 0 Å². The molecule has 0 saturated carbocycles. The molecule has 0 unspecified atom stereocenters. The van der Waals surface area contributed by atoms with Crippen LogP contribution in [0.25, 0.3) is 22.1 Å². The van der Waals surface area contributed by atoms with E-state index in [-0.39, 0.29) is 5.91 Å². The molecule has 1 aliphatic heterocycles. The summed E-state index contributed by atoms with van der Waals surface area (Å²) in [6, 6.07) is 14.3. The van der Waals surface area contributed by atoms with Gasteiger partial charge in [0.05, 0.1) is 32.7 Å². The van der Waals surface area contributed by atoms with E-state index in [4.69, 9.17) is 4.42 Å². The average molecular weight is 350 g/mol. The molecular weight excluding hydrogens is 326 g/mol. The second-order valence-corrected chi connectivity index (χ2v) is 6.88. The summed E-state index contributed by atoms with van der Waals surface area (Å²) < 4.78 is 5.61. The number of nitrogens with one attached hydrogen (secondary N) is 1. The molecule has 0 aliphatic carbocycles. The number of carbonyl (C=O) groups excluding carboxylic acids is 1. The van der Waals surface area contributed by atoms with Crippen molar-refractivity contribution in [3.63, 3.8) is 0 Å². The van der Waals surface area contributed by atoms with Crippen LogP contribution in [0.2, 0.25) is 0 Å². The van der Waals surface area contributed by atoms with Crippen LogP contribution in [0.4, 0.5) is 0 Å². The average Bonchev–Trinajstić information content (AvgIpc) is 3.18. The van der Waals surface area contributed by atoms with E-state index in [1.54, 1.807) is 4.90 Å². The molecule has 4 rings (SSSR count). The number of rotatable bonds is 4. The van der Waals surface area contributed by atoms with E-state index in [1.165, 1.54) is 24.7 Å². The van der Waals surface area contributed by atoms with Crippen LogP contribution in [0, 0.1) is 0 Å². The maximum Gasteiger partial charge on any atom is 0.276 e. The van der Waals surface area contributed by atoms with Crippen molar-refractivity contribution in [3.05, 3.63) is 54.6 Å². The van der Waals surface area contributed by atoms with Gasteiger partial charge in [0.2, 0.25) is 0 Å². The number of oxazole rings is 1. The fourth-order valence-electron chi connectivity index (χ4n) is 3.71. The zero-order chi connectivity index (χ0) is 17.9. The quantitative estimate of drug-likeness (QED) is 0.785. The van der Waals surface area contributed by atoms with E-state index in [0.29, 0.717) is 11.5 Å². The minimum atomic E-state index is -0.0301. The molecule has 2 aromatic carbocycles. The van der Waals surface area contributed by atoms with E-state index in [1.807, 2.05) is 29.2 Å². The van der Waals surface area contributed by atoms with Gasteiger partial charge in [-0.25, -0.2) is 4.98 Å². The largest absolute Gasteiger partial charge is 0.443 e. The minimum Gasteiger partial charge on any atom is -0.443 e. The first-order valence-corrected chi connectivity index (χ1v) is 9.31. The van der Waals surface area contributed by atoms with Gasteiger partial charge in [0.15, 0.2) is 17.8 Å². The maximum atomic E-state index is 13.0. The molecule has 1 amide bonds. The molecule has 3 aromatic rings. The Morgan fingerprint density at radius 2 is 1.92 bits per heavy atom. The van der Waals surface area contributed by atoms with Crippen LogP contribution in [0.5, 0.6) is 0 Å². The Balaban J connectivity index is 1.57. The number of hydrogen-bond acceptors (Lipinski definition) is 3. The number of nitrogens with zero attached hydrogens (tertiary/aromatic N) is 2. The van der Waals surface area contributed by atoms with Crippen LogP contribution >= 0.6 is 0 Å². The van der Waals surface area contributed by atoms with E-state index in [9.17, 15) is 4.79 Å². The van der Waals surface area contributed by atoms with Crippen LogP contribution in [0.3, 0.4) is 0 Å². The zero-order valence-electron chi connectivity index (χ0n) is 15.1. The molecule has 5 nitrogen and oxygen atoms in total. The van der Waals surface area contributed by atoms with E-state index in [2.05, 4.69) is 30.1 Å². The number of piperazine rings is 1. The SMILES string of the molecule is CCC[NH+]1CCN(C(=O)c2ncoc2-c2ccc3ccccc3c2)CC1.